The third-order valence-corrected chi connectivity index (χ3v) is 3.10. The highest BCUT2D eigenvalue weighted by molar-refractivity contribution is 5.60. The molecule has 0 amide bonds. The Morgan fingerprint density at radius 3 is 2.50 bits per heavy atom. The predicted octanol–water partition coefficient (Wildman–Crippen LogP) is 1.73. The number of rotatable bonds is 3. The lowest BCUT2D eigenvalue weighted by atomic mass is 10.1. The molecule has 2 heterocycles. The van der Waals surface area contributed by atoms with Crippen LogP contribution in [0.4, 0.5) is 17.5 Å². The second kappa shape index (κ2) is 5.16. The number of aryl methyl sites for hydroxylation is 1. The molecule has 0 spiro atoms. The monoisotopic (exact) mass is 251 g/mol. The summed E-state index contributed by atoms with van der Waals surface area (Å²) >= 11 is 0. The van der Waals surface area contributed by atoms with E-state index in [2.05, 4.69) is 20.2 Å². The summed E-state index contributed by atoms with van der Waals surface area (Å²) in [5.41, 5.74) is 0.359. The van der Waals surface area contributed by atoms with Crippen molar-refractivity contribution in [3.05, 3.63) is 15.8 Å². The number of nitrogens with zero attached hydrogens (tertiary/aromatic N) is 4. The lowest BCUT2D eigenvalue weighted by Gasteiger charge is -2.27. The van der Waals surface area contributed by atoms with Crippen molar-refractivity contribution >= 4 is 17.5 Å². The molecule has 1 aliphatic rings. The minimum absolute atomic E-state index is 0.0433. The third-order valence-electron chi connectivity index (χ3n) is 3.10. The van der Waals surface area contributed by atoms with E-state index < -0.39 is 4.92 Å². The van der Waals surface area contributed by atoms with Crippen LogP contribution in [0.15, 0.2) is 0 Å². The topological polar surface area (TPSA) is 84.2 Å². The quantitative estimate of drug-likeness (QED) is 0.650. The standard InChI is InChI=1S/C11H17N5O2/c1-8-9(16(17)18)10(12-2)14-11(13-8)15-6-4-3-5-7-15/h3-7H2,1-2H3,(H,12,13,14). The van der Waals surface area contributed by atoms with Crippen LogP contribution in [0.1, 0.15) is 25.0 Å². The molecular weight excluding hydrogens is 234 g/mol. The Kier molecular flexibility index (Phi) is 3.59. The van der Waals surface area contributed by atoms with E-state index >= 15 is 0 Å². The number of anilines is 2. The first-order chi connectivity index (χ1) is 8.63. The van der Waals surface area contributed by atoms with Crippen LogP contribution in [-0.2, 0) is 0 Å². The first-order valence-corrected chi connectivity index (χ1v) is 6.09. The number of hydrogen-bond acceptors (Lipinski definition) is 6. The zero-order valence-corrected chi connectivity index (χ0v) is 10.6. The minimum Gasteiger partial charge on any atom is -0.367 e. The Labute approximate surface area is 105 Å². The molecule has 0 saturated carbocycles. The summed E-state index contributed by atoms with van der Waals surface area (Å²) in [6.45, 7) is 3.48. The van der Waals surface area contributed by atoms with Crippen LogP contribution in [0.5, 0.6) is 0 Å². The lowest BCUT2D eigenvalue weighted by Crippen LogP contribution is -2.31. The molecule has 18 heavy (non-hydrogen) atoms. The summed E-state index contributed by atoms with van der Waals surface area (Å²) in [5, 5.41) is 13.7. The van der Waals surface area contributed by atoms with E-state index in [0.29, 0.717) is 11.6 Å². The number of hydrogen-bond donors (Lipinski definition) is 1. The molecule has 0 radical (unpaired) electrons. The molecule has 1 aromatic rings. The number of nitro groups is 1. The molecule has 0 unspecified atom stereocenters. The Balaban J connectivity index is 2.38. The van der Waals surface area contributed by atoms with Gasteiger partial charge in [0.15, 0.2) is 0 Å². The smallest absolute Gasteiger partial charge is 0.332 e. The first-order valence-electron chi connectivity index (χ1n) is 6.09. The van der Waals surface area contributed by atoms with Crippen molar-refractivity contribution in [2.24, 2.45) is 0 Å². The lowest BCUT2D eigenvalue weighted by molar-refractivity contribution is -0.385. The van der Waals surface area contributed by atoms with Gasteiger partial charge in [-0.1, -0.05) is 0 Å². The summed E-state index contributed by atoms with van der Waals surface area (Å²) < 4.78 is 0. The predicted molar refractivity (Wildman–Crippen MR) is 69.0 cm³/mol. The average Bonchev–Trinajstić information content (AvgIpc) is 2.38. The molecule has 1 saturated heterocycles. The molecule has 98 valence electrons. The zero-order chi connectivity index (χ0) is 13.1. The highest BCUT2D eigenvalue weighted by Gasteiger charge is 2.23. The zero-order valence-electron chi connectivity index (χ0n) is 10.6. The molecule has 1 aromatic heterocycles. The molecular formula is C11H17N5O2. The van der Waals surface area contributed by atoms with Gasteiger partial charge in [-0.25, -0.2) is 4.98 Å². The van der Waals surface area contributed by atoms with Crippen LogP contribution < -0.4 is 10.2 Å². The molecule has 0 aromatic carbocycles. The summed E-state index contributed by atoms with van der Waals surface area (Å²) in [7, 11) is 1.63. The van der Waals surface area contributed by atoms with Crippen molar-refractivity contribution in [1.29, 1.82) is 0 Å². The van der Waals surface area contributed by atoms with E-state index in [4.69, 9.17) is 0 Å². The Morgan fingerprint density at radius 2 is 1.94 bits per heavy atom. The van der Waals surface area contributed by atoms with Crippen LogP contribution in [0.2, 0.25) is 0 Å². The fourth-order valence-electron chi connectivity index (χ4n) is 2.18. The van der Waals surface area contributed by atoms with Crippen LogP contribution in [0.3, 0.4) is 0 Å². The summed E-state index contributed by atoms with van der Waals surface area (Å²) in [6, 6.07) is 0. The van der Waals surface area contributed by atoms with Gasteiger partial charge in [-0.3, -0.25) is 10.1 Å². The second-order valence-electron chi connectivity index (χ2n) is 4.36. The van der Waals surface area contributed by atoms with E-state index in [1.807, 2.05) is 0 Å². The largest absolute Gasteiger partial charge is 0.367 e. The minimum atomic E-state index is -0.443. The van der Waals surface area contributed by atoms with Crippen molar-refractivity contribution in [3.63, 3.8) is 0 Å². The van der Waals surface area contributed by atoms with Crippen LogP contribution in [-0.4, -0.2) is 35.0 Å². The second-order valence-corrected chi connectivity index (χ2v) is 4.36. The van der Waals surface area contributed by atoms with Gasteiger partial charge in [-0.2, -0.15) is 4.98 Å². The number of nitrogens with one attached hydrogen (secondary N) is 1. The van der Waals surface area contributed by atoms with Crippen LogP contribution in [0, 0.1) is 17.0 Å². The molecule has 1 N–H and O–H groups in total. The molecule has 1 fully saturated rings. The summed E-state index contributed by atoms with van der Waals surface area (Å²) in [5.74, 6) is 0.871. The molecule has 0 aliphatic carbocycles. The normalized spacial score (nSPS) is 15.6. The van der Waals surface area contributed by atoms with E-state index in [-0.39, 0.29) is 11.5 Å². The van der Waals surface area contributed by atoms with Gasteiger partial charge in [-0.05, 0) is 26.2 Å². The average molecular weight is 251 g/mol. The van der Waals surface area contributed by atoms with E-state index in [9.17, 15) is 10.1 Å². The fourth-order valence-corrected chi connectivity index (χ4v) is 2.18. The Morgan fingerprint density at radius 1 is 1.28 bits per heavy atom. The van der Waals surface area contributed by atoms with Gasteiger partial charge in [-0.15, -0.1) is 0 Å². The number of piperidine rings is 1. The molecule has 7 nitrogen and oxygen atoms in total. The van der Waals surface area contributed by atoms with Crippen molar-refractivity contribution in [3.8, 4) is 0 Å². The van der Waals surface area contributed by atoms with Gasteiger partial charge >= 0.3 is 5.69 Å². The SMILES string of the molecule is CNc1nc(N2CCCCC2)nc(C)c1[N+](=O)[O-]. The van der Waals surface area contributed by atoms with Gasteiger partial charge in [0.1, 0.15) is 5.69 Å². The fraction of sp³-hybridized carbons (Fsp3) is 0.636. The van der Waals surface area contributed by atoms with Crippen LogP contribution in [0.25, 0.3) is 0 Å². The Hall–Kier alpha value is -1.92. The van der Waals surface area contributed by atoms with Crippen molar-refractivity contribution in [1.82, 2.24) is 9.97 Å². The van der Waals surface area contributed by atoms with E-state index in [1.165, 1.54) is 6.42 Å². The number of aromatic nitrogens is 2. The highest BCUT2D eigenvalue weighted by Crippen LogP contribution is 2.28. The van der Waals surface area contributed by atoms with Crippen LogP contribution >= 0.6 is 0 Å². The maximum Gasteiger partial charge on any atom is 0.332 e. The molecule has 0 bridgehead atoms. The van der Waals surface area contributed by atoms with E-state index in [1.54, 1.807) is 14.0 Å². The summed E-state index contributed by atoms with van der Waals surface area (Å²) in [6.07, 6.45) is 3.46. The maximum absolute atomic E-state index is 11.0. The highest BCUT2D eigenvalue weighted by atomic mass is 16.6. The van der Waals surface area contributed by atoms with Gasteiger partial charge in [0.05, 0.1) is 4.92 Å². The Bertz CT molecular complexity index is 457. The molecule has 7 heteroatoms. The van der Waals surface area contributed by atoms with Gasteiger partial charge in [0, 0.05) is 20.1 Å². The summed E-state index contributed by atoms with van der Waals surface area (Å²) in [4.78, 5) is 21.1. The third kappa shape index (κ3) is 2.34. The van der Waals surface area contributed by atoms with Crippen molar-refractivity contribution < 1.29 is 4.92 Å². The van der Waals surface area contributed by atoms with Crippen molar-refractivity contribution in [2.45, 2.75) is 26.2 Å². The first kappa shape index (κ1) is 12.5. The van der Waals surface area contributed by atoms with Gasteiger partial charge in [0.2, 0.25) is 11.8 Å². The van der Waals surface area contributed by atoms with Gasteiger partial charge < -0.3 is 10.2 Å². The van der Waals surface area contributed by atoms with E-state index in [0.717, 1.165) is 25.9 Å². The molecule has 1 aliphatic heterocycles. The van der Waals surface area contributed by atoms with Crippen molar-refractivity contribution in [2.75, 3.05) is 30.4 Å². The molecule has 0 atom stereocenters. The molecule has 2 rings (SSSR count). The van der Waals surface area contributed by atoms with Gasteiger partial charge in [0.25, 0.3) is 0 Å². The maximum atomic E-state index is 11.0.